The maximum absolute atomic E-state index is 12.4. The molecular formula is C18H27NO4S. The Hall–Kier alpha value is -1.56. The van der Waals surface area contributed by atoms with Gasteiger partial charge in [-0.2, -0.15) is 0 Å². The number of ether oxygens (including phenoxy) is 1. The number of carbonyl (C=O) groups excluding carboxylic acids is 1. The van der Waals surface area contributed by atoms with Crippen LogP contribution in [0.2, 0.25) is 0 Å². The zero-order valence-electron chi connectivity index (χ0n) is 14.7. The number of amides is 1. The Bertz CT molecular complexity index is 669. The van der Waals surface area contributed by atoms with Gasteiger partial charge in [-0.05, 0) is 24.3 Å². The lowest BCUT2D eigenvalue weighted by molar-refractivity contribution is -0.131. The summed E-state index contributed by atoms with van der Waals surface area (Å²) in [4.78, 5) is 14.0. The van der Waals surface area contributed by atoms with E-state index in [4.69, 9.17) is 4.74 Å². The Balaban J connectivity index is 1.94. The molecule has 6 heteroatoms. The Morgan fingerprint density at radius 1 is 1.33 bits per heavy atom. The summed E-state index contributed by atoms with van der Waals surface area (Å²) < 4.78 is 28.8. The van der Waals surface area contributed by atoms with E-state index in [1.807, 2.05) is 24.3 Å². The number of para-hydroxylation sites is 1. The average molecular weight is 353 g/mol. The van der Waals surface area contributed by atoms with Gasteiger partial charge in [-0.15, -0.1) is 0 Å². The van der Waals surface area contributed by atoms with Crippen molar-refractivity contribution in [2.45, 2.75) is 33.2 Å². The third kappa shape index (κ3) is 5.51. The predicted octanol–water partition coefficient (Wildman–Crippen LogP) is 2.50. The number of benzene rings is 1. The first-order valence-electron chi connectivity index (χ1n) is 8.42. The molecule has 1 amide bonds. The molecule has 24 heavy (non-hydrogen) atoms. The summed E-state index contributed by atoms with van der Waals surface area (Å²) in [6, 6.07) is 7.73. The summed E-state index contributed by atoms with van der Waals surface area (Å²) in [6.07, 6.45) is 0.890. The van der Waals surface area contributed by atoms with E-state index in [-0.39, 0.29) is 23.3 Å². The molecule has 0 aliphatic carbocycles. The van der Waals surface area contributed by atoms with E-state index >= 15 is 0 Å². The van der Waals surface area contributed by atoms with Crippen molar-refractivity contribution in [3.05, 3.63) is 29.8 Å². The molecule has 1 aromatic rings. The first-order chi connectivity index (χ1) is 11.3. The van der Waals surface area contributed by atoms with Gasteiger partial charge >= 0.3 is 0 Å². The molecule has 0 bridgehead atoms. The maximum Gasteiger partial charge on any atom is 0.222 e. The number of sulfone groups is 1. The standard InChI is InChI=1S/C18H27NO4S/c1-14(2)12-23-17-7-5-4-6-16(17)11-19(3)18(20)10-15-8-9-24(21,22)13-15/h4-7,14-15H,8-13H2,1-3H3. The van der Waals surface area contributed by atoms with E-state index in [0.717, 1.165) is 11.3 Å². The van der Waals surface area contributed by atoms with Gasteiger partial charge in [0.15, 0.2) is 9.84 Å². The molecule has 0 aromatic heterocycles. The molecule has 1 aliphatic heterocycles. The highest BCUT2D eigenvalue weighted by atomic mass is 32.2. The van der Waals surface area contributed by atoms with Gasteiger partial charge < -0.3 is 9.64 Å². The van der Waals surface area contributed by atoms with Crippen LogP contribution in [-0.2, 0) is 21.2 Å². The van der Waals surface area contributed by atoms with Crippen LogP contribution in [0.3, 0.4) is 0 Å². The summed E-state index contributed by atoms with van der Waals surface area (Å²) in [5.74, 6) is 1.52. The molecule has 1 aromatic carbocycles. The van der Waals surface area contributed by atoms with Gasteiger partial charge in [-0.3, -0.25) is 4.79 Å². The quantitative estimate of drug-likeness (QED) is 0.755. The third-order valence-corrected chi connectivity index (χ3v) is 6.01. The molecule has 0 N–H and O–H groups in total. The molecule has 5 nitrogen and oxygen atoms in total. The van der Waals surface area contributed by atoms with Crippen LogP contribution in [0.5, 0.6) is 5.75 Å². The predicted molar refractivity (Wildman–Crippen MR) is 94.6 cm³/mol. The lowest BCUT2D eigenvalue weighted by Gasteiger charge is -2.21. The van der Waals surface area contributed by atoms with Crippen LogP contribution in [0.15, 0.2) is 24.3 Å². The van der Waals surface area contributed by atoms with Crippen molar-refractivity contribution < 1.29 is 17.9 Å². The van der Waals surface area contributed by atoms with Gasteiger partial charge in [0.2, 0.25) is 5.91 Å². The van der Waals surface area contributed by atoms with Gasteiger partial charge in [0.25, 0.3) is 0 Å². The van der Waals surface area contributed by atoms with Gasteiger partial charge in [0.1, 0.15) is 5.75 Å². The van der Waals surface area contributed by atoms with Crippen molar-refractivity contribution in [3.63, 3.8) is 0 Å². The van der Waals surface area contributed by atoms with E-state index in [2.05, 4.69) is 13.8 Å². The highest BCUT2D eigenvalue weighted by molar-refractivity contribution is 7.91. The van der Waals surface area contributed by atoms with E-state index in [1.165, 1.54) is 0 Å². The van der Waals surface area contributed by atoms with E-state index in [1.54, 1.807) is 11.9 Å². The first-order valence-corrected chi connectivity index (χ1v) is 10.2. The van der Waals surface area contributed by atoms with Gasteiger partial charge in [0.05, 0.1) is 18.1 Å². The maximum atomic E-state index is 12.4. The van der Waals surface area contributed by atoms with Crippen LogP contribution in [0, 0.1) is 11.8 Å². The van der Waals surface area contributed by atoms with Crippen LogP contribution >= 0.6 is 0 Å². The Morgan fingerprint density at radius 2 is 2.04 bits per heavy atom. The smallest absolute Gasteiger partial charge is 0.222 e. The zero-order valence-corrected chi connectivity index (χ0v) is 15.5. The number of hydrogen-bond acceptors (Lipinski definition) is 4. The lowest BCUT2D eigenvalue weighted by atomic mass is 10.0. The minimum atomic E-state index is -2.94. The van der Waals surface area contributed by atoms with Gasteiger partial charge in [0, 0.05) is 25.6 Å². The van der Waals surface area contributed by atoms with Crippen LogP contribution in [0.25, 0.3) is 0 Å². The van der Waals surface area contributed by atoms with E-state index < -0.39 is 9.84 Å². The fraction of sp³-hybridized carbons (Fsp3) is 0.611. The minimum Gasteiger partial charge on any atom is -0.493 e. The fourth-order valence-corrected chi connectivity index (χ4v) is 4.67. The van der Waals surface area contributed by atoms with Crippen molar-refractivity contribution in [1.29, 1.82) is 0 Å². The summed E-state index contributed by atoms with van der Waals surface area (Å²) >= 11 is 0. The van der Waals surface area contributed by atoms with Crippen molar-refractivity contribution in [3.8, 4) is 5.75 Å². The van der Waals surface area contributed by atoms with Crippen LogP contribution in [-0.4, -0.2) is 44.4 Å². The number of nitrogens with zero attached hydrogens (tertiary/aromatic N) is 1. The molecule has 134 valence electrons. The van der Waals surface area contributed by atoms with Crippen molar-refractivity contribution in [1.82, 2.24) is 4.90 Å². The normalized spacial score (nSPS) is 19.4. The minimum absolute atomic E-state index is 0.0178. The topological polar surface area (TPSA) is 63.7 Å². The largest absolute Gasteiger partial charge is 0.493 e. The molecule has 0 radical (unpaired) electrons. The van der Waals surface area contributed by atoms with Crippen molar-refractivity contribution >= 4 is 15.7 Å². The molecule has 1 atom stereocenters. The second-order valence-corrected chi connectivity index (χ2v) is 9.26. The molecule has 1 aliphatic rings. The highest BCUT2D eigenvalue weighted by Gasteiger charge is 2.30. The summed E-state index contributed by atoms with van der Waals surface area (Å²) in [5, 5.41) is 0. The summed E-state index contributed by atoms with van der Waals surface area (Å²) in [5.41, 5.74) is 0.966. The molecule has 1 saturated heterocycles. The highest BCUT2D eigenvalue weighted by Crippen LogP contribution is 2.24. The molecular weight excluding hydrogens is 326 g/mol. The van der Waals surface area contributed by atoms with Crippen LogP contribution < -0.4 is 4.74 Å². The summed E-state index contributed by atoms with van der Waals surface area (Å²) in [6.45, 7) is 5.28. The van der Waals surface area contributed by atoms with Crippen LogP contribution in [0.1, 0.15) is 32.3 Å². The van der Waals surface area contributed by atoms with E-state index in [9.17, 15) is 13.2 Å². The third-order valence-electron chi connectivity index (χ3n) is 4.17. The molecule has 1 unspecified atom stereocenters. The average Bonchev–Trinajstić information content (AvgIpc) is 2.85. The fourth-order valence-electron chi connectivity index (χ4n) is 2.81. The lowest BCUT2D eigenvalue weighted by Crippen LogP contribution is -2.28. The van der Waals surface area contributed by atoms with E-state index in [0.29, 0.717) is 31.9 Å². The number of hydrogen-bond donors (Lipinski definition) is 0. The zero-order chi connectivity index (χ0) is 17.7. The van der Waals surface area contributed by atoms with Crippen molar-refractivity contribution in [2.75, 3.05) is 25.2 Å². The Labute approximate surface area is 144 Å². The molecule has 1 fully saturated rings. The number of carbonyl (C=O) groups is 1. The monoisotopic (exact) mass is 353 g/mol. The second-order valence-electron chi connectivity index (χ2n) is 7.04. The first kappa shape index (κ1) is 18.8. The van der Waals surface area contributed by atoms with Gasteiger partial charge in [-0.25, -0.2) is 8.42 Å². The second kappa shape index (κ2) is 8.01. The van der Waals surface area contributed by atoms with Gasteiger partial charge in [-0.1, -0.05) is 32.0 Å². The summed E-state index contributed by atoms with van der Waals surface area (Å²) in [7, 11) is -1.18. The van der Waals surface area contributed by atoms with Crippen LogP contribution in [0.4, 0.5) is 0 Å². The van der Waals surface area contributed by atoms with Crippen molar-refractivity contribution in [2.24, 2.45) is 11.8 Å². The molecule has 1 heterocycles. The molecule has 2 rings (SSSR count). The molecule has 0 spiro atoms. The Morgan fingerprint density at radius 3 is 2.67 bits per heavy atom. The Kier molecular flexibility index (Phi) is 6.27. The number of rotatable bonds is 7. The molecule has 0 saturated carbocycles. The SMILES string of the molecule is CC(C)COc1ccccc1CN(C)C(=O)CC1CCS(=O)(=O)C1.